The van der Waals surface area contributed by atoms with Crippen LogP contribution >= 0.6 is 23.4 Å². The zero-order valence-electron chi connectivity index (χ0n) is 15.2. The van der Waals surface area contributed by atoms with Gasteiger partial charge in [0.25, 0.3) is 0 Å². The molecule has 1 aromatic heterocycles. The van der Waals surface area contributed by atoms with Crippen molar-refractivity contribution in [3.05, 3.63) is 29.3 Å². The lowest BCUT2D eigenvalue weighted by atomic mass is 9.78. The molecule has 0 spiro atoms. The summed E-state index contributed by atoms with van der Waals surface area (Å²) in [5.74, 6) is 7.86. The molecule has 2 atom stereocenters. The van der Waals surface area contributed by atoms with Crippen LogP contribution in [0.15, 0.2) is 29.4 Å². The van der Waals surface area contributed by atoms with Crippen molar-refractivity contribution in [2.75, 3.05) is 18.1 Å². The lowest BCUT2D eigenvalue weighted by molar-refractivity contribution is -0.134. The zero-order valence-corrected chi connectivity index (χ0v) is 16.8. The van der Waals surface area contributed by atoms with Crippen molar-refractivity contribution in [1.82, 2.24) is 19.8 Å². The van der Waals surface area contributed by atoms with Gasteiger partial charge in [0, 0.05) is 18.2 Å². The van der Waals surface area contributed by atoms with Crippen molar-refractivity contribution in [3.63, 3.8) is 0 Å². The van der Waals surface area contributed by atoms with E-state index in [2.05, 4.69) is 15.1 Å². The molecule has 1 saturated heterocycles. The third-order valence-corrected chi connectivity index (χ3v) is 6.93. The van der Waals surface area contributed by atoms with Crippen LogP contribution in [0.2, 0.25) is 5.02 Å². The number of rotatable bonds is 4. The highest BCUT2D eigenvalue weighted by Gasteiger charge is 2.35. The number of carbonyl (C=O) groups is 1. The smallest absolute Gasteiger partial charge is 0.233 e. The Labute approximate surface area is 168 Å². The Balaban J connectivity index is 1.43. The first-order chi connectivity index (χ1) is 13.1. The average molecular weight is 406 g/mol. The molecule has 4 rings (SSSR count). The van der Waals surface area contributed by atoms with Gasteiger partial charge >= 0.3 is 0 Å². The second-order valence-corrected chi connectivity index (χ2v) is 8.64. The second-order valence-electron chi connectivity index (χ2n) is 7.29. The molecular weight excluding hydrogens is 382 g/mol. The molecule has 2 aromatic rings. The van der Waals surface area contributed by atoms with Crippen LogP contribution in [-0.4, -0.2) is 44.0 Å². The van der Waals surface area contributed by atoms with Gasteiger partial charge in [-0.15, -0.1) is 10.2 Å². The Hall–Kier alpha value is -1.73. The normalized spacial score (nSPS) is 22.5. The molecule has 27 heavy (non-hydrogen) atoms. The predicted molar refractivity (Wildman–Crippen MR) is 108 cm³/mol. The Morgan fingerprint density at radius 2 is 1.96 bits per heavy atom. The summed E-state index contributed by atoms with van der Waals surface area (Å²) in [6.45, 7) is 0.876. The summed E-state index contributed by atoms with van der Waals surface area (Å²) in [5.41, 5.74) is 0.730. The Morgan fingerprint density at radius 1 is 1.19 bits per heavy atom. The quantitative estimate of drug-likeness (QED) is 0.621. The van der Waals surface area contributed by atoms with Gasteiger partial charge in [-0.3, -0.25) is 4.79 Å². The third kappa shape index (κ3) is 3.80. The van der Waals surface area contributed by atoms with E-state index in [0.717, 1.165) is 24.9 Å². The van der Waals surface area contributed by atoms with Gasteiger partial charge in [0.2, 0.25) is 11.1 Å². The average Bonchev–Trinajstić information content (AvgIpc) is 3.06. The molecule has 1 aromatic carbocycles. The standard InChI is InChI=1S/C19H24ClN5OS/c20-15-9-3-2-8-14(15)18-22-23-19(25(18)21)27-12-17(26)24-11-5-7-13-6-1-4-10-16(13)24/h2-3,8-9,13,16H,1,4-7,10-12,21H2/t13-,16+/m0/s1. The van der Waals surface area contributed by atoms with E-state index >= 15 is 0 Å². The maximum atomic E-state index is 12.9. The molecular formula is C19H24ClN5OS. The summed E-state index contributed by atoms with van der Waals surface area (Å²) >= 11 is 7.57. The molecule has 0 bridgehead atoms. The number of nitrogens with zero attached hydrogens (tertiary/aromatic N) is 4. The molecule has 2 heterocycles. The van der Waals surface area contributed by atoms with Crippen LogP contribution in [0.25, 0.3) is 11.4 Å². The highest BCUT2D eigenvalue weighted by molar-refractivity contribution is 7.99. The molecule has 1 aliphatic heterocycles. The number of carbonyl (C=O) groups excluding carboxylic acids is 1. The van der Waals surface area contributed by atoms with Crippen LogP contribution < -0.4 is 5.84 Å². The topological polar surface area (TPSA) is 77.0 Å². The Morgan fingerprint density at radius 3 is 2.81 bits per heavy atom. The van der Waals surface area contributed by atoms with Crippen LogP contribution in [0.3, 0.4) is 0 Å². The first-order valence-electron chi connectivity index (χ1n) is 9.53. The summed E-state index contributed by atoms with van der Waals surface area (Å²) in [6.07, 6.45) is 7.32. The maximum absolute atomic E-state index is 12.9. The fourth-order valence-corrected chi connectivity index (χ4v) is 5.31. The number of amides is 1. The first-order valence-corrected chi connectivity index (χ1v) is 10.9. The number of nitrogens with two attached hydrogens (primary N) is 1. The van der Waals surface area contributed by atoms with Crippen molar-refractivity contribution in [1.29, 1.82) is 0 Å². The molecule has 2 fully saturated rings. The predicted octanol–water partition coefficient (Wildman–Crippen LogP) is 3.59. The highest BCUT2D eigenvalue weighted by atomic mass is 35.5. The number of likely N-dealkylation sites (tertiary alicyclic amines) is 1. The summed E-state index contributed by atoms with van der Waals surface area (Å²) in [7, 11) is 0. The lowest BCUT2D eigenvalue weighted by Crippen LogP contribution is -2.50. The SMILES string of the molecule is Nn1c(SCC(=O)N2CCC[C@@H]3CCCC[C@H]32)nnc1-c1ccccc1Cl. The number of aromatic nitrogens is 3. The first kappa shape index (κ1) is 18.6. The molecule has 1 saturated carbocycles. The van der Waals surface area contributed by atoms with Crippen molar-refractivity contribution in [2.45, 2.75) is 49.7 Å². The van der Waals surface area contributed by atoms with Gasteiger partial charge in [0.15, 0.2) is 5.82 Å². The molecule has 144 valence electrons. The van der Waals surface area contributed by atoms with Crippen LogP contribution in [0.1, 0.15) is 38.5 Å². The van der Waals surface area contributed by atoms with E-state index in [1.54, 1.807) is 6.07 Å². The van der Waals surface area contributed by atoms with Gasteiger partial charge in [-0.2, -0.15) is 0 Å². The monoisotopic (exact) mass is 405 g/mol. The fourth-order valence-electron chi connectivity index (χ4n) is 4.35. The Kier molecular flexibility index (Phi) is 5.59. The molecule has 0 radical (unpaired) electrons. The summed E-state index contributed by atoms with van der Waals surface area (Å²) in [4.78, 5) is 15.0. The molecule has 2 N–H and O–H groups in total. The zero-order chi connectivity index (χ0) is 18.8. The molecule has 6 nitrogen and oxygen atoms in total. The number of benzene rings is 1. The van der Waals surface area contributed by atoms with Crippen LogP contribution in [-0.2, 0) is 4.79 Å². The van der Waals surface area contributed by atoms with Gasteiger partial charge in [-0.05, 0) is 43.7 Å². The van der Waals surface area contributed by atoms with Gasteiger partial charge in [0.05, 0.1) is 10.8 Å². The van der Waals surface area contributed by atoms with Crippen LogP contribution in [0.4, 0.5) is 0 Å². The minimum atomic E-state index is 0.180. The summed E-state index contributed by atoms with van der Waals surface area (Å²) < 4.78 is 1.42. The number of nitrogen functional groups attached to an aromatic ring is 1. The van der Waals surface area contributed by atoms with Gasteiger partial charge in [-0.1, -0.05) is 48.3 Å². The van der Waals surface area contributed by atoms with E-state index in [0.29, 0.717) is 33.7 Å². The largest absolute Gasteiger partial charge is 0.339 e. The summed E-state index contributed by atoms with van der Waals surface area (Å²) in [6, 6.07) is 7.80. The minimum absolute atomic E-state index is 0.180. The number of piperidine rings is 1. The van der Waals surface area contributed by atoms with E-state index in [9.17, 15) is 4.79 Å². The van der Waals surface area contributed by atoms with Crippen molar-refractivity contribution >= 4 is 29.3 Å². The van der Waals surface area contributed by atoms with Crippen molar-refractivity contribution in [2.24, 2.45) is 5.92 Å². The van der Waals surface area contributed by atoms with E-state index < -0.39 is 0 Å². The van der Waals surface area contributed by atoms with Crippen molar-refractivity contribution < 1.29 is 4.79 Å². The lowest BCUT2D eigenvalue weighted by Gasteiger charge is -2.44. The summed E-state index contributed by atoms with van der Waals surface area (Å²) in [5, 5.41) is 9.41. The van der Waals surface area contributed by atoms with Crippen LogP contribution in [0.5, 0.6) is 0 Å². The molecule has 0 unspecified atom stereocenters. The number of fused-ring (bicyclic) bond motifs is 1. The van der Waals surface area contributed by atoms with E-state index in [4.69, 9.17) is 17.4 Å². The third-order valence-electron chi connectivity index (χ3n) is 5.67. The number of thioether (sulfide) groups is 1. The van der Waals surface area contributed by atoms with E-state index in [-0.39, 0.29) is 5.91 Å². The van der Waals surface area contributed by atoms with Crippen molar-refractivity contribution in [3.8, 4) is 11.4 Å². The molecule has 1 aliphatic carbocycles. The number of hydrogen-bond acceptors (Lipinski definition) is 5. The highest BCUT2D eigenvalue weighted by Crippen LogP contribution is 2.36. The van der Waals surface area contributed by atoms with Gasteiger partial charge in [0.1, 0.15) is 0 Å². The number of halogens is 1. The minimum Gasteiger partial charge on any atom is -0.339 e. The maximum Gasteiger partial charge on any atom is 0.233 e. The molecule has 1 amide bonds. The van der Waals surface area contributed by atoms with Crippen LogP contribution in [0, 0.1) is 5.92 Å². The second kappa shape index (κ2) is 8.10. The molecule has 2 aliphatic rings. The Bertz CT molecular complexity index is 824. The number of hydrogen-bond donors (Lipinski definition) is 1. The van der Waals surface area contributed by atoms with Gasteiger partial charge in [-0.25, -0.2) is 4.68 Å². The van der Waals surface area contributed by atoms with E-state index in [1.807, 2.05) is 18.2 Å². The van der Waals surface area contributed by atoms with Gasteiger partial charge < -0.3 is 10.7 Å². The van der Waals surface area contributed by atoms with E-state index in [1.165, 1.54) is 42.1 Å². The molecule has 8 heteroatoms. The fraction of sp³-hybridized carbons (Fsp3) is 0.526.